The van der Waals surface area contributed by atoms with Crippen LogP contribution in [-0.4, -0.2) is 13.1 Å². The summed E-state index contributed by atoms with van der Waals surface area (Å²) in [7, 11) is 1.41. The zero-order valence-corrected chi connectivity index (χ0v) is 9.10. The standard InChI is InChI=1S/C11H18O2/c1-10(2)7-8(11(10,3)4)6-9(12)13-5/h6H,7H2,1-5H3/b8-6-. The van der Waals surface area contributed by atoms with Gasteiger partial charge in [0.05, 0.1) is 7.11 Å². The molecular weight excluding hydrogens is 164 g/mol. The Hall–Kier alpha value is -0.790. The van der Waals surface area contributed by atoms with Gasteiger partial charge >= 0.3 is 5.97 Å². The lowest BCUT2D eigenvalue weighted by molar-refractivity contribution is -0.135. The first-order chi connectivity index (χ1) is 5.81. The number of rotatable bonds is 1. The monoisotopic (exact) mass is 182 g/mol. The van der Waals surface area contributed by atoms with Crippen LogP contribution in [0.25, 0.3) is 0 Å². The quantitative estimate of drug-likeness (QED) is 0.460. The minimum absolute atomic E-state index is 0.126. The number of carbonyl (C=O) groups is 1. The molecule has 2 nitrogen and oxygen atoms in total. The van der Waals surface area contributed by atoms with Gasteiger partial charge in [-0.2, -0.15) is 0 Å². The number of carbonyl (C=O) groups excluding carboxylic acids is 1. The van der Waals surface area contributed by atoms with Gasteiger partial charge in [-0.1, -0.05) is 33.3 Å². The maximum atomic E-state index is 11.0. The van der Waals surface area contributed by atoms with Crippen LogP contribution in [0.2, 0.25) is 0 Å². The number of allylic oxidation sites excluding steroid dienone is 1. The van der Waals surface area contributed by atoms with E-state index < -0.39 is 0 Å². The number of hydrogen-bond donors (Lipinski definition) is 0. The van der Waals surface area contributed by atoms with E-state index in [4.69, 9.17) is 0 Å². The van der Waals surface area contributed by atoms with Crippen LogP contribution in [0.3, 0.4) is 0 Å². The molecule has 0 aromatic heterocycles. The maximum absolute atomic E-state index is 11.0. The van der Waals surface area contributed by atoms with E-state index in [1.165, 1.54) is 12.7 Å². The van der Waals surface area contributed by atoms with Crippen molar-refractivity contribution >= 4 is 5.97 Å². The second-order valence-electron chi connectivity index (χ2n) is 4.88. The largest absolute Gasteiger partial charge is 0.466 e. The molecule has 1 aliphatic carbocycles. The summed E-state index contributed by atoms with van der Waals surface area (Å²) in [5, 5.41) is 0. The molecule has 74 valence electrons. The molecule has 1 fully saturated rings. The van der Waals surface area contributed by atoms with Gasteiger partial charge in [0.2, 0.25) is 0 Å². The van der Waals surface area contributed by atoms with Crippen molar-refractivity contribution in [1.29, 1.82) is 0 Å². The summed E-state index contributed by atoms with van der Waals surface area (Å²) in [6.45, 7) is 8.79. The smallest absolute Gasteiger partial charge is 0.330 e. The molecule has 2 heteroatoms. The molecule has 0 aromatic rings. The Balaban J connectivity index is 2.80. The van der Waals surface area contributed by atoms with Crippen molar-refractivity contribution in [3.8, 4) is 0 Å². The lowest BCUT2D eigenvalue weighted by atomic mass is 9.50. The predicted octanol–water partition coefficient (Wildman–Crippen LogP) is 2.54. The average Bonchev–Trinajstić information content (AvgIpc) is 2.03. The highest BCUT2D eigenvalue weighted by atomic mass is 16.5. The third-order valence-corrected chi connectivity index (χ3v) is 3.62. The van der Waals surface area contributed by atoms with Gasteiger partial charge in [-0.05, 0) is 17.3 Å². The van der Waals surface area contributed by atoms with E-state index >= 15 is 0 Å². The first-order valence-corrected chi connectivity index (χ1v) is 4.60. The van der Waals surface area contributed by atoms with Crippen LogP contribution in [0.4, 0.5) is 0 Å². The summed E-state index contributed by atoms with van der Waals surface area (Å²) in [4.78, 5) is 11.0. The van der Waals surface area contributed by atoms with Gasteiger partial charge in [-0.15, -0.1) is 0 Å². The molecule has 0 atom stereocenters. The highest BCUT2D eigenvalue weighted by Crippen LogP contribution is 2.59. The molecule has 0 radical (unpaired) electrons. The number of ether oxygens (including phenoxy) is 1. The van der Waals surface area contributed by atoms with Crippen LogP contribution in [-0.2, 0) is 9.53 Å². The van der Waals surface area contributed by atoms with Crippen molar-refractivity contribution < 1.29 is 9.53 Å². The zero-order valence-electron chi connectivity index (χ0n) is 9.10. The SMILES string of the molecule is COC(=O)/C=C1/CC(C)(C)C1(C)C. The molecular formula is C11H18O2. The molecule has 13 heavy (non-hydrogen) atoms. The summed E-state index contributed by atoms with van der Waals surface area (Å²) in [5.74, 6) is -0.237. The number of esters is 1. The molecule has 0 unspecified atom stereocenters. The molecule has 0 heterocycles. The molecule has 0 saturated heterocycles. The van der Waals surface area contributed by atoms with Crippen LogP contribution in [0.15, 0.2) is 11.6 Å². The highest BCUT2D eigenvalue weighted by Gasteiger charge is 2.49. The molecule has 0 aliphatic heterocycles. The van der Waals surface area contributed by atoms with Gasteiger partial charge in [0, 0.05) is 6.08 Å². The van der Waals surface area contributed by atoms with Gasteiger partial charge < -0.3 is 4.74 Å². The lowest BCUT2D eigenvalue weighted by Gasteiger charge is -2.54. The predicted molar refractivity (Wildman–Crippen MR) is 52.3 cm³/mol. The van der Waals surface area contributed by atoms with Crippen LogP contribution < -0.4 is 0 Å². The summed E-state index contributed by atoms with van der Waals surface area (Å²) in [6, 6.07) is 0. The van der Waals surface area contributed by atoms with Crippen LogP contribution in [0, 0.1) is 10.8 Å². The molecule has 0 amide bonds. The van der Waals surface area contributed by atoms with Crippen LogP contribution in [0.5, 0.6) is 0 Å². The molecule has 1 saturated carbocycles. The topological polar surface area (TPSA) is 26.3 Å². The van der Waals surface area contributed by atoms with Gasteiger partial charge in [0.25, 0.3) is 0 Å². The fourth-order valence-electron chi connectivity index (χ4n) is 1.68. The van der Waals surface area contributed by atoms with Crippen molar-refractivity contribution in [2.24, 2.45) is 10.8 Å². The zero-order chi connectivity index (χ0) is 10.3. The van der Waals surface area contributed by atoms with Gasteiger partial charge in [-0.3, -0.25) is 0 Å². The summed E-state index contributed by atoms with van der Waals surface area (Å²) < 4.78 is 4.60. The van der Waals surface area contributed by atoms with Gasteiger partial charge in [0.15, 0.2) is 0 Å². The summed E-state index contributed by atoms with van der Waals surface area (Å²) in [5.41, 5.74) is 1.62. The van der Waals surface area contributed by atoms with E-state index in [-0.39, 0.29) is 11.4 Å². The first-order valence-electron chi connectivity index (χ1n) is 4.60. The Labute approximate surface area is 80.0 Å². The first kappa shape index (κ1) is 10.3. The van der Waals surface area contributed by atoms with Crippen molar-refractivity contribution in [3.63, 3.8) is 0 Å². The Kier molecular flexibility index (Phi) is 2.27. The van der Waals surface area contributed by atoms with Crippen molar-refractivity contribution in [2.75, 3.05) is 7.11 Å². The van der Waals surface area contributed by atoms with Crippen molar-refractivity contribution in [2.45, 2.75) is 34.1 Å². The minimum atomic E-state index is -0.237. The minimum Gasteiger partial charge on any atom is -0.466 e. The Morgan fingerprint density at radius 3 is 2.23 bits per heavy atom. The van der Waals surface area contributed by atoms with E-state index in [1.54, 1.807) is 6.08 Å². The summed E-state index contributed by atoms with van der Waals surface area (Å²) >= 11 is 0. The van der Waals surface area contributed by atoms with E-state index in [9.17, 15) is 4.79 Å². The molecule has 0 aromatic carbocycles. The summed E-state index contributed by atoms with van der Waals surface area (Å²) in [6.07, 6.45) is 2.63. The van der Waals surface area contributed by atoms with E-state index in [2.05, 4.69) is 32.4 Å². The van der Waals surface area contributed by atoms with E-state index in [1.807, 2.05) is 0 Å². The third kappa shape index (κ3) is 1.50. The molecule has 0 spiro atoms. The second kappa shape index (κ2) is 2.86. The second-order valence-corrected chi connectivity index (χ2v) is 4.88. The lowest BCUT2D eigenvalue weighted by Crippen LogP contribution is -2.45. The van der Waals surface area contributed by atoms with Crippen LogP contribution in [0.1, 0.15) is 34.1 Å². The highest BCUT2D eigenvalue weighted by molar-refractivity contribution is 5.83. The third-order valence-electron chi connectivity index (χ3n) is 3.62. The molecule has 0 bridgehead atoms. The van der Waals surface area contributed by atoms with E-state index in [0.29, 0.717) is 5.41 Å². The van der Waals surface area contributed by atoms with Gasteiger partial charge in [0.1, 0.15) is 0 Å². The maximum Gasteiger partial charge on any atom is 0.330 e. The average molecular weight is 182 g/mol. The Morgan fingerprint density at radius 2 is 1.92 bits per heavy atom. The van der Waals surface area contributed by atoms with Gasteiger partial charge in [-0.25, -0.2) is 4.79 Å². The Morgan fingerprint density at radius 1 is 1.38 bits per heavy atom. The number of methoxy groups -OCH3 is 1. The van der Waals surface area contributed by atoms with Crippen LogP contribution >= 0.6 is 0 Å². The van der Waals surface area contributed by atoms with Crippen molar-refractivity contribution in [3.05, 3.63) is 11.6 Å². The van der Waals surface area contributed by atoms with Crippen molar-refractivity contribution in [1.82, 2.24) is 0 Å². The fraction of sp³-hybridized carbons (Fsp3) is 0.727. The molecule has 1 rings (SSSR count). The number of hydrogen-bond acceptors (Lipinski definition) is 2. The molecule has 1 aliphatic rings. The van der Waals surface area contributed by atoms with E-state index in [0.717, 1.165) is 6.42 Å². The Bertz CT molecular complexity index is 259. The normalized spacial score (nSPS) is 26.7. The fourth-order valence-corrected chi connectivity index (χ4v) is 1.68. The molecule has 0 N–H and O–H groups in total.